The topological polar surface area (TPSA) is 50.2 Å². The van der Waals surface area contributed by atoms with E-state index in [-0.39, 0.29) is 11.8 Å². The third-order valence-corrected chi connectivity index (χ3v) is 5.63. The minimum absolute atomic E-state index is 0.0930. The number of carbonyl (C=O) groups is 1. The van der Waals surface area contributed by atoms with Gasteiger partial charge in [0.15, 0.2) is 0 Å². The number of carbonyl (C=O) groups excluding carboxylic acids is 1. The fraction of sp³-hybridized carbons (Fsp3) is 0.750. The van der Waals surface area contributed by atoms with Crippen LogP contribution in [-0.2, 0) is 11.8 Å². The van der Waals surface area contributed by atoms with E-state index in [2.05, 4.69) is 21.5 Å². The molecule has 1 aromatic heterocycles. The third-order valence-electron chi connectivity index (χ3n) is 5.63. The van der Waals surface area contributed by atoms with E-state index < -0.39 is 0 Å². The van der Waals surface area contributed by atoms with Gasteiger partial charge in [-0.2, -0.15) is 5.10 Å². The lowest BCUT2D eigenvalue weighted by Crippen LogP contribution is -2.48. The number of amides is 1. The predicted molar refractivity (Wildman–Crippen MR) is 79.8 cm³/mol. The van der Waals surface area contributed by atoms with Crippen molar-refractivity contribution in [2.45, 2.75) is 50.1 Å². The van der Waals surface area contributed by atoms with E-state index in [1.54, 1.807) is 0 Å². The maximum absolute atomic E-state index is 13.1. The summed E-state index contributed by atoms with van der Waals surface area (Å²) in [7, 11) is 1.94. The standard InChI is InChI=1S/C16H24N4O/c1-19-10-11(7-18-19)14-8-17-9-15(14)16(21)20-12-3-2-4-13(20)6-5-12/h7,10,12-15,17H,2-6,8-9H2,1H3/t12?,13?,14-,15+/m1/s1. The summed E-state index contributed by atoms with van der Waals surface area (Å²) < 4.78 is 1.83. The smallest absolute Gasteiger partial charge is 0.228 e. The molecule has 2 unspecified atom stereocenters. The molecule has 3 aliphatic rings. The van der Waals surface area contributed by atoms with E-state index in [1.165, 1.54) is 37.7 Å². The van der Waals surface area contributed by atoms with Gasteiger partial charge in [0.2, 0.25) is 5.91 Å². The summed E-state index contributed by atoms with van der Waals surface area (Å²) in [5.74, 6) is 0.768. The third kappa shape index (κ3) is 2.18. The van der Waals surface area contributed by atoms with Crippen LogP contribution < -0.4 is 5.32 Å². The number of hydrogen-bond acceptors (Lipinski definition) is 3. The van der Waals surface area contributed by atoms with Crippen molar-refractivity contribution in [3.05, 3.63) is 18.0 Å². The lowest BCUT2D eigenvalue weighted by molar-refractivity contribution is -0.139. The van der Waals surface area contributed by atoms with E-state index in [4.69, 9.17) is 0 Å². The van der Waals surface area contributed by atoms with Crippen molar-refractivity contribution < 1.29 is 4.79 Å². The fourth-order valence-corrected chi connectivity index (χ4v) is 4.59. The van der Waals surface area contributed by atoms with Gasteiger partial charge in [0.05, 0.1) is 12.1 Å². The molecule has 5 nitrogen and oxygen atoms in total. The molecule has 0 spiro atoms. The van der Waals surface area contributed by atoms with E-state index in [0.29, 0.717) is 18.0 Å². The van der Waals surface area contributed by atoms with Crippen molar-refractivity contribution in [2.24, 2.45) is 13.0 Å². The highest BCUT2D eigenvalue weighted by Crippen LogP contribution is 2.39. The van der Waals surface area contributed by atoms with Gasteiger partial charge in [-0.15, -0.1) is 0 Å². The second kappa shape index (κ2) is 5.13. The van der Waals surface area contributed by atoms with Gasteiger partial charge in [0, 0.05) is 44.3 Å². The quantitative estimate of drug-likeness (QED) is 0.891. The zero-order valence-electron chi connectivity index (χ0n) is 12.7. The zero-order chi connectivity index (χ0) is 14.4. The van der Waals surface area contributed by atoms with Crippen molar-refractivity contribution >= 4 is 5.91 Å². The lowest BCUT2D eigenvalue weighted by atomic mass is 9.88. The second-order valence-corrected chi connectivity index (χ2v) is 6.88. The molecule has 3 fully saturated rings. The van der Waals surface area contributed by atoms with Crippen molar-refractivity contribution in [1.82, 2.24) is 20.0 Å². The fourth-order valence-electron chi connectivity index (χ4n) is 4.59. The Balaban J connectivity index is 1.56. The first-order chi connectivity index (χ1) is 10.2. The van der Waals surface area contributed by atoms with Crippen LogP contribution >= 0.6 is 0 Å². The van der Waals surface area contributed by atoms with Crippen molar-refractivity contribution in [3.8, 4) is 0 Å². The van der Waals surface area contributed by atoms with Crippen LogP contribution in [0.5, 0.6) is 0 Å². The van der Waals surface area contributed by atoms with E-state index in [9.17, 15) is 4.79 Å². The Bertz CT molecular complexity index is 524. The number of hydrogen-bond donors (Lipinski definition) is 1. The largest absolute Gasteiger partial charge is 0.336 e. The van der Waals surface area contributed by atoms with Crippen molar-refractivity contribution in [1.29, 1.82) is 0 Å². The van der Waals surface area contributed by atoms with Gasteiger partial charge in [-0.05, 0) is 37.7 Å². The van der Waals surface area contributed by atoms with Gasteiger partial charge < -0.3 is 10.2 Å². The molecule has 114 valence electrons. The summed E-state index contributed by atoms with van der Waals surface area (Å²) in [6.45, 7) is 1.71. The Morgan fingerprint density at radius 1 is 1.24 bits per heavy atom. The molecule has 0 aliphatic carbocycles. The van der Waals surface area contributed by atoms with Gasteiger partial charge >= 0.3 is 0 Å². The van der Waals surface area contributed by atoms with Crippen LogP contribution in [0.15, 0.2) is 12.4 Å². The van der Waals surface area contributed by atoms with E-state index in [1.807, 2.05) is 17.9 Å². The first kappa shape index (κ1) is 13.3. The number of aryl methyl sites for hydroxylation is 1. The summed E-state index contributed by atoms with van der Waals surface area (Å²) in [4.78, 5) is 15.4. The zero-order valence-corrected chi connectivity index (χ0v) is 12.7. The maximum atomic E-state index is 13.1. The maximum Gasteiger partial charge on any atom is 0.228 e. The number of fused-ring (bicyclic) bond motifs is 2. The highest BCUT2D eigenvalue weighted by molar-refractivity contribution is 5.81. The van der Waals surface area contributed by atoms with Gasteiger partial charge in [0.1, 0.15) is 0 Å². The molecule has 4 atom stereocenters. The summed E-state index contributed by atoms with van der Waals surface area (Å²) in [6.07, 6.45) is 10.1. The first-order valence-electron chi connectivity index (χ1n) is 8.25. The minimum atomic E-state index is 0.0930. The predicted octanol–water partition coefficient (Wildman–Crippen LogP) is 1.27. The molecule has 0 aromatic carbocycles. The molecule has 1 N–H and O–H groups in total. The number of nitrogens with zero attached hydrogens (tertiary/aromatic N) is 3. The first-order valence-corrected chi connectivity index (χ1v) is 8.25. The van der Waals surface area contributed by atoms with Gasteiger partial charge in [-0.3, -0.25) is 9.48 Å². The highest BCUT2D eigenvalue weighted by Gasteiger charge is 2.45. The van der Waals surface area contributed by atoms with E-state index in [0.717, 1.165) is 13.1 Å². The minimum Gasteiger partial charge on any atom is -0.336 e. The number of nitrogens with one attached hydrogen (secondary N) is 1. The SMILES string of the molecule is Cn1cc([C@H]2CNC[C@@H]2C(=O)N2C3CCCC2CC3)cn1. The summed E-state index contributed by atoms with van der Waals surface area (Å²) in [6, 6.07) is 1.04. The number of piperidine rings is 1. The lowest BCUT2D eigenvalue weighted by Gasteiger charge is -2.37. The van der Waals surface area contributed by atoms with Crippen LogP contribution in [0.4, 0.5) is 0 Å². The van der Waals surface area contributed by atoms with Gasteiger partial charge in [-0.25, -0.2) is 0 Å². The Labute approximate surface area is 125 Å². The molecule has 3 saturated heterocycles. The van der Waals surface area contributed by atoms with E-state index >= 15 is 0 Å². The van der Waals surface area contributed by atoms with Gasteiger partial charge in [0.25, 0.3) is 0 Å². The molecular weight excluding hydrogens is 264 g/mol. The molecule has 3 aliphatic heterocycles. The average Bonchev–Trinajstić information content (AvgIpc) is 3.17. The van der Waals surface area contributed by atoms with Crippen LogP contribution in [-0.4, -0.2) is 45.8 Å². The van der Waals surface area contributed by atoms with Gasteiger partial charge in [-0.1, -0.05) is 0 Å². The highest BCUT2D eigenvalue weighted by atomic mass is 16.2. The molecule has 1 aromatic rings. The van der Waals surface area contributed by atoms with Crippen LogP contribution in [0.25, 0.3) is 0 Å². The molecule has 0 radical (unpaired) electrons. The molecule has 5 heteroatoms. The Morgan fingerprint density at radius 2 is 2.00 bits per heavy atom. The van der Waals surface area contributed by atoms with Crippen molar-refractivity contribution in [3.63, 3.8) is 0 Å². The molecule has 21 heavy (non-hydrogen) atoms. The van der Waals surface area contributed by atoms with Crippen molar-refractivity contribution in [2.75, 3.05) is 13.1 Å². The molecule has 0 saturated carbocycles. The summed E-state index contributed by atoms with van der Waals surface area (Å²) in [5.41, 5.74) is 1.20. The van der Waals surface area contributed by atoms with Crippen LogP contribution in [0.2, 0.25) is 0 Å². The molecule has 1 amide bonds. The number of rotatable bonds is 2. The summed E-state index contributed by atoms with van der Waals surface area (Å²) >= 11 is 0. The molecule has 4 heterocycles. The monoisotopic (exact) mass is 288 g/mol. The second-order valence-electron chi connectivity index (χ2n) is 6.88. The molecular formula is C16H24N4O. The Kier molecular flexibility index (Phi) is 3.25. The Hall–Kier alpha value is -1.36. The Morgan fingerprint density at radius 3 is 2.67 bits per heavy atom. The molecule has 4 rings (SSSR count). The van der Waals surface area contributed by atoms with Crippen LogP contribution in [0, 0.1) is 5.92 Å². The number of aromatic nitrogens is 2. The van der Waals surface area contributed by atoms with Crippen LogP contribution in [0.3, 0.4) is 0 Å². The molecule has 2 bridgehead atoms. The normalized spacial score (nSPS) is 35.4. The average molecular weight is 288 g/mol. The van der Waals surface area contributed by atoms with Crippen LogP contribution in [0.1, 0.15) is 43.6 Å². The summed E-state index contributed by atoms with van der Waals surface area (Å²) in [5, 5.41) is 7.69.